The summed E-state index contributed by atoms with van der Waals surface area (Å²) in [4.78, 5) is 24.5. The summed E-state index contributed by atoms with van der Waals surface area (Å²) in [5.74, 6) is -0.106. The number of unbranched alkanes of at least 4 members (excludes halogenated alkanes) is 39. The molecular formula is C65H119NO5. The average Bonchev–Trinajstić information content (AvgIpc) is 3.37. The Morgan fingerprint density at radius 1 is 0.408 bits per heavy atom. The highest BCUT2D eigenvalue weighted by molar-refractivity contribution is 5.76. The third-order valence-corrected chi connectivity index (χ3v) is 14.0. The minimum Gasteiger partial charge on any atom is -0.466 e. The van der Waals surface area contributed by atoms with E-state index in [0.29, 0.717) is 19.4 Å². The number of carbonyl (C=O) groups is 2. The van der Waals surface area contributed by atoms with Crippen LogP contribution in [0.2, 0.25) is 0 Å². The lowest BCUT2D eigenvalue weighted by Gasteiger charge is -2.20. The van der Waals surface area contributed by atoms with Crippen molar-refractivity contribution >= 4 is 11.9 Å². The molecule has 0 aliphatic carbocycles. The first kappa shape index (κ1) is 68.6. The first-order valence-corrected chi connectivity index (χ1v) is 31.1. The molecule has 0 aromatic heterocycles. The highest BCUT2D eigenvalue weighted by Crippen LogP contribution is 2.16. The van der Waals surface area contributed by atoms with Crippen molar-refractivity contribution in [2.45, 2.75) is 328 Å². The van der Waals surface area contributed by atoms with E-state index in [9.17, 15) is 19.8 Å². The predicted octanol–water partition coefficient (Wildman–Crippen LogP) is 19.5. The Hall–Kier alpha value is -2.44. The van der Waals surface area contributed by atoms with Gasteiger partial charge in [0.2, 0.25) is 5.91 Å². The molecule has 1 amide bonds. The molecule has 0 aliphatic rings. The van der Waals surface area contributed by atoms with E-state index in [4.69, 9.17) is 4.74 Å². The molecular weight excluding hydrogens is 875 g/mol. The zero-order valence-corrected chi connectivity index (χ0v) is 47.2. The van der Waals surface area contributed by atoms with Gasteiger partial charge in [0.05, 0.1) is 25.4 Å². The van der Waals surface area contributed by atoms with Crippen LogP contribution in [0.5, 0.6) is 0 Å². The van der Waals surface area contributed by atoms with E-state index < -0.39 is 12.1 Å². The van der Waals surface area contributed by atoms with Crippen molar-refractivity contribution in [1.29, 1.82) is 0 Å². The van der Waals surface area contributed by atoms with Crippen molar-refractivity contribution in [3.8, 4) is 0 Å². The second kappa shape index (κ2) is 60.1. The van der Waals surface area contributed by atoms with Gasteiger partial charge in [-0.25, -0.2) is 0 Å². The molecule has 414 valence electrons. The molecule has 0 saturated heterocycles. The van der Waals surface area contributed by atoms with Gasteiger partial charge < -0.3 is 20.3 Å². The summed E-state index contributed by atoms with van der Waals surface area (Å²) < 4.78 is 5.45. The summed E-state index contributed by atoms with van der Waals surface area (Å²) in [5.41, 5.74) is 0. The van der Waals surface area contributed by atoms with Gasteiger partial charge in [0.1, 0.15) is 0 Å². The van der Waals surface area contributed by atoms with Gasteiger partial charge in [0, 0.05) is 12.8 Å². The maximum Gasteiger partial charge on any atom is 0.305 e. The largest absolute Gasteiger partial charge is 0.466 e. The van der Waals surface area contributed by atoms with Crippen LogP contribution >= 0.6 is 0 Å². The summed E-state index contributed by atoms with van der Waals surface area (Å²) in [6.45, 7) is 4.84. The summed E-state index contributed by atoms with van der Waals surface area (Å²) in [6, 6.07) is -0.638. The Morgan fingerprint density at radius 2 is 0.746 bits per heavy atom. The number of carbonyl (C=O) groups excluding carboxylic acids is 2. The fourth-order valence-electron chi connectivity index (χ4n) is 9.24. The fraction of sp³-hybridized carbons (Fsp3) is 0.815. The maximum atomic E-state index is 12.5. The molecule has 0 aromatic rings. The Labute approximate surface area is 441 Å². The number of aliphatic hydroxyl groups is 2. The second-order valence-electron chi connectivity index (χ2n) is 21.1. The van der Waals surface area contributed by atoms with Crippen molar-refractivity contribution in [2.24, 2.45) is 0 Å². The summed E-state index contributed by atoms with van der Waals surface area (Å²) >= 11 is 0. The van der Waals surface area contributed by atoms with Crippen LogP contribution in [-0.4, -0.2) is 47.4 Å². The molecule has 0 aliphatic heterocycles. The molecule has 71 heavy (non-hydrogen) atoms. The third-order valence-electron chi connectivity index (χ3n) is 14.0. The molecule has 2 unspecified atom stereocenters. The van der Waals surface area contributed by atoms with E-state index in [0.717, 1.165) is 89.9 Å². The van der Waals surface area contributed by atoms with Crippen LogP contribution in [0.25, 0.3) is 0 Å². The van der Waals surface area contributed by atoms with Gasteiger partial charge in [-0.3, -0.25) is 9.59 Å². The van der Waals surface area contributed by atoms with E-state index in [-0.39, 0.29) is 18.5 Å². The first-order valence-electron chi connectivity index (χ1n) is 31.1. The summed E-state index contributed by atoms with van der Waals surface area (Å²) in [7, 11) is 0. The van der Waals surface area contributed by atoms with Crippen LogP contribution in [0, 0.1) is 0 Å². The average molecular weight is 995 g/mol. The van der Waals surface area contributed by atoms with Crippen molar-refractivity contribution in [1.82, 2.24) is 5.32 Å². The van der Waals surface area contributed by atoms with E-state index in [2.05, 4.69) is 67.8 Å². The monoisotopic (exact) mass is 994 g/mol. The molecule has 0 spiro atoms. The van der Waals surface area contributed by atoms with E-state index in [1.165, 1.54) is 199 Å². The van der Waals surface area contributed by atoms with E-state index in [1.807, 2.05) is 6.08 Å². The molecule has 0 fully saturated rings. The van der Waals surface area contributed by atoms with E-state index >= 15 is 0 Å². The van der Waals surface area contributed by atoms with Crippen molar-refractivity contribution in [3.63, 3.8) is 0 Å². The maximum absolute atomic E-state index is 12.5. The Balaban J connectivity index is 3.52. The van der Waals surface area contributed by atoms with Crippen LogP contribution in [0.4, 0.5) is 0 Å². The van der Waals surface area contributed by atoms with Gasteiger partial charge in [-0.2, -0.15) is 0 Å². The third kappa shape index (κ3) is 56.7. The lowest BCUT2D eigenvalue weighted by molar-refractivity contribution is -0.143. The summed E-state index contributed by atoms with van der Waals surface area (Å²) in [5, 5.41) is 23.2. The number of esters is 1. The smallest absolute Gasteiger partial charge is 0.305 e. The number of hydrogen-bond acceptors (Lipinski definition) is 5. The number of allylic oxidation sites excluding steroid dienone is 9. The van der Waals surface area contributed by atoms with Gasteiger partial charge in [0.15, 0.2) is 0 Å². The molecule has 6 nitrogen and oxygen atoms in total. The minimum absolute atomic E-state index is 0.0285. The quantitative estimate of drug-likeness (QED) is 0.0244. The Bertz CT molecular complexity index is 1240. The van der Waals surface area contributed by atoms with Gasteiger partial charge in [-0.15, -0.1) is 0 Å². The lowest BCUT2D eigenvalue weighted by atomic mass is 10.0. The van der Waals surface area contributed by atoms with Crippen LogP contribution < -0.4 is 5.32 Å². The predicted molar refractivity (Wildman–Crippen MR) is 310 cm³/mol. The Morgan fingerprint density at radius 3 is 1.18 bits per heavy atom. The fourth-order valence-corrected chi connectivity index (χ4v) is 9.24. The number of amides is 1. The standard InChI is InChI=1S/C65H119NO5/c1-3-5-7-9-11-13-15-17-19-20-21-23-26-30-33-37-41-45-49-53-57-63(68)62(61-67)66-64(69)58-54-50-46-42-38-34-31-27-24-22-25-28-32-36-40-44-48-52-56-60-71-65(70)59-55-51-47-43-39-35-29-18-16-14-12-10-8-6-4-2/h12,14,18,28-29,32,36,40,53,57,62-63,67-68H,3-11,13,15-17,19-27,30-31,33-35,37-39,41-52,54-56,58-61H2,1-2H3,(H,66,69)/b14-12-,29-18-,32-28-,40-36-,57-53+. The molecule has 0 saturated carbocycles. The molecule has 3 N–H and O–H groups in total. The number of hydrogen-bond donors (Lipinski definition) is 3. The molecule has 0 bridgehead atoms. The van der Waals surface area contributed by atoms with Gasteiger partial charge in [0.25, 0.3) is 0 Å². The molecule has 0 radical (unpaired) electrons. The molecule has 2 atom stereocenters. The van der Waals surface area contributed by atoms with E-state index in [1.54, 1.807) is 6.08 Å². The normalized spacial score (nSPS) is 13.0. The van der Waals surface area contributed by atoms with Crippen LogP contribution in [0.15, 0.2) is 60.8 Å². The highest BCUT2D eigenvalue weighted by atomic mass is 16.5. The second-order valence-corrected chi connectivity index (χ2v) is 21.1. The zero-order valence-electron chi connectivity index (χ0n) is 47.2. The van der Waals surface area contributed by atoms with Crippen molar-refractivity contribution in [2.75, 3.05) is 13.2 Å². The topological polar surface area (TPSA) is 95.9 Å². The first-order chi connectivity index (χ1) is 35.0. The van der Waals surface area contributed by atoms with Gasteiger partial charge >= 0.3 is 5.97 Å². The number of aliphatic hydroxyl groups excluding tert-OH is 2. The van der Waals surface area contributed by atoms with Gasteiger partial charge in [-0.1, -0.05) is 267 Å². The molecule has 0 heterocycles. The van der Waals surface area contributed by atoms with Crippen molar-refractivity contribution < 1.29 is 24.5 Å². The number of rotatable bonds is 57. The SMILES string of the molecule is CCCCC/C=C\C/C=C\CCCCCCCC(=O)OCCCCC/C=C\C=C/CCCCCCCCCCCCC(=O)NC(CO)C(O)/C=C/CCCCCCCCCCCCCCCCCCCC. The molecule has 0 rings (SSSR count). The zero-order chi connectivity index (χ0) is 51.4. The van der Waals surface area contributed by atoms with Crippen LogP contribution in [-0.2, 0) is 14.3 Å². The number of nitrogens with one attached hydrogen (secondary N) is 1. The lowest BCUT2D eigenvalue weighted by Crippen LogP contribution is -2.45. The Kier molecular flexibility index (Phi) is 58.1. The number of ether oxygens (including phenoxy) is 1. The van der Waals surface area contributed by atoms with Crippen molar-refractivity contribution in [3.05, 3.63) is 60.8 Å². The van der Waals surface area contributed by atoms with Crippen LogP contribution in [0.1, 0.15) is 316 Å². The minimum atomic E-state index is -0.854. The summed E-state index contributed by atoms with van der Waals surface area (Å²) in [6.07, 6.45) is 78.2. The molecule has 0 aromatic carbocycles. The van der Waals surface area contributed by atoms with Gasteiger partial charge in [-0.05, 0) is 96.3 Å². The van der Waals surface area contributed by atoms with Crippen LogP contribution in [0.3, 0.4) is 0 Å². The molecule has 6 heteroatoms. The highest BCUT2D eigenvalue weighted by Gasteiger charge is 2.18.